The van der Waals surface area contributed by atoms with Gasteiger partial charge in [0, 0.05) is 18.0 Å². The largest absolute Gasteiger partial charge is 0.477 e. The smallest absolute Gasteiger partial charge is 0.269 e. The van der Waals surface area contributed by atoms with E-state index in [1.807, 2.05) is 6.92 Å². The van der Waals surface area contributed by atoms with Gasteiger partial charge in [-0.1, -0.05) is 18.7 Å². The zero-order chi connectivity index (χ0) is 21.6. The SMILES string of the molecule is CCOc1cncc(-c2ccc(NC(=O)C(F)(CC)c3ccnc(SC)n3)nc2)n1. The first-order valence-corrected chi connectivity index (χ1v) is 10.5. The van der Waals surface area contributed by atoms with E-state index >= 15 is 4.39 Å². The lowest BCUT2D eigenvalue weighted by atomic mass is 9.97. The number of amides is 1. The van der Waals surface area contributed by atoms with E-state index < -0.39 is 11.6 Å². The Morgan fingerprint density at radius 3 is 2.67 bits per heavy atom. The minimum atomic E-state index is -2.30. The Morgan fingerprint density at radius 2 is 2.00 bits per heavy atom. The number of halogens is 1. The summed E-state index contributed by atoms with van der Waals surface area (Å²) >= 11 is 1.28. The molecule has 3 heterocycles. The van der Waals surface area contributed by atoms with Crippen molar-refractivity contribution in [1.82, 2.24) is 24.9 Å². The summed E-state index contributed by atoms with van der Waals surface area (Å²) in [6.07, 6.45) is 7.77. The number of nitrogens with one attached hydrogen (secondary N) is 1. The molecule has 1 amide bonds. The fraction of sp³-hybridized carbons (Fsp3) is 0.300. The fourth-order valence-electron chi connectivity index (χ4n) is 2.66. The summed E-state index contributed by atoms with van der Waals surface area (Å²) in [4.78, 5) is 33.5. The molecule has 1 atom stereocenters. The maximum Gasteiger partial charge on any atom is 0.269 e. The Labute approximate surface area is 177 Å². The van der Waals surface area contributed by atoms with Crippen molar-refractivity contribution in [3.05, 3.63) is 48.7 Å². The first-order chi connectivity index (χ1) is 14.5. The number of nitrogens with zero attached hydrogens (tertiary/aromatic N) is 5. The van der Waals surface area contributed by atoms with Crippen molar-refractivity contribution in [3.63, 3.8) is 0 Å². The molecule has 0 aliphatic carbocycles. The van der Waals surface area contributed by atoms with Crippen molar-refractivity contribution < 1.29 is 13.9 Å². The van der Waals surface area contributed by atoms with E-state index in [1.54, 1.807) is 31.5 Å². The molecule has 10 heteroatoms. The zero-order valence-electron chi connectivity index (χ0n) is 16.8. The van der Waals surface area contributed by atoms with Gasteiger partial charge in [0.1, 0.15) is 5.82 Å². The van der Waals surface area contributed by atoms with Crippen molar-refractivity contribution in [2.45, 2.75) is 31.1 Å². The minimum absolute atomic E-state index is 0.0153. The first-order valence-electron chi connectivity index (χ1n) is 9.29. The van der Waals surface area contributed by atoms with Crippen LogP contribution in [0.15, 0.2) is 48.1 Å². The quantitative estimate of drug-likeness (QED) is 0.428. The molecule has 3 rings (SSSR count). The number of carbonyl (C=O) groups is 1. The van der Waals surface area contributed by atoms with Crippen LogP contribution in [0.25, 0.3) is 11.3 Å². The number of hydrogen-bond acceptors (Lipinski definition) is 8. The van der Waals surface area contributed by atoms with Gasteiger partial charge in [-0.05, 0) is 37.8 Å². The van der Waals surface area contributed by atoms with Crippen LogP contribution < -0.4 is 10.1 Å². The molecule has 1 unspecified atom stereocenters. The second-order valence-electron chi connectivity index (χ2n) is 6.15. The predicted molar refractivity (Wildman–Crippen MR) is 112 cm³/mol. The number of carbonyl (C=O) groups excluding carboxylic acids is 1. The van der Waals surface area contributed by atoms with Crippen molar-refractivity contribution in [2.75, 3.05) is 18.2 Å². The van der Waals surface area contributed by atoms with Gasteiger partial charge in [-0.3, -0.25) is 9.78 Å². The molecule has 3 aromatic rings. The average molecular weight is 428 g/mol. The third kappa shape index (κ3) is 4.70. The van der Waals surface area contributed by atoms with Crippen LogP contribution in [-0.4, -0.2) is 43.7 Å². The molecule has 30 heavy (non-hydrogen) atoms. The zero-order valence-corrected chi connectivity index (χ0v) is 17.6. The number of rotatable bonds is 8. The van der Waals surface area contributed by atoms with Crippen LogP contribution in [0.5, 0.6) is 5.88 Å². The maximum atomic E-state index is 15.5. The maximum absolute atomic E-state index is 15.5. The molecule has 0 aliphatic heterocycles. The average Bonchev–Trinajstić information content (AvgIpc) is 2.79. The van der Waals surface area contributed by atoms with Crippen molar-refractivity contribution in [2.24, 2.45) is 0 Å². The highest BCUT2D eigenvalue weighted by Gasteiger charge is 2.41. The predicted octanol–water partition coefficient (Wildman–Crippen LogP) is 3.66. The van der Waals surface area contributed by atoms with Crippen molar-refractivity contribution >= 4 is 23.5 Å². The highest BCUT2D eigenvalue weighted by molar-refractivity contribution is 7.98. The summed E-state index contributed by atoms with van der Waals surface area (Å²) < 4.78 is 20.9. The van der Waals surface area contributed by atoms with Crippen LogP contribution in [0.2, 0.25) is 0 Å². The molecule has 0 radical (unpaired) electrons. The van der Waals surface area contributed by atoms with Gasteiger partial charge in [-0.25, -0.2) is 24.3 Å². The molecule has 0 saturated carbocycles. The molecule has 0 fully saturated rings. The van der Waals surface area contributed by atoms with Crippen molar-refractivity contribution in [1.29, 1.82) is 0 Å². The lowest BCUT2D eigenvalue weighted by Gasteiger charge is -2.22. The minimum Gasteiger partial charge on any atom is -0.477 e. The number of pyridine rings is 1. The van der Waals surface area contributed by atoms with Gasteiger partial charge >= 0.3 is 0 Å². The number of aromatic nitrogens is 5. The van der Waals surface area contributed by atoms with Crippen molar-refractivity contribution in [3.8, 4) is 17.1 Å². The highest BCUT2D eigenvalue weighted by atomic mass is 32.2. The normalized spacial score (nSPS) is 12.8. The van der Waals surface area contributed by atoms with Gasteiger partial charge in [-0.2, -0.15) is 0 Å². The Kier molecular flexibility index (Phi) is 6.88. The Hall–Kier alpha value is -3.14. The monoisotopic (exact) mass is 428 g/mol. The van der Waals surface area contributed by atoms with Gasteiger partial charge in [0.05, 0.1) is 30.4 Å². The molecule has 156 valence electrons. The number of anilines is 1. The molecule has 0 aromatic carbocycles. The molecule has 8 nitrogen and oxygen atoms in total. The second kappa shape index (κ2) is 9.57. The molecule has 0 saturated heterocycles. The van der Waals surface area contributed by atoms with Crippen LogP contribution in [0, 0.1) is 0 Å². The van der Waals surface area contributed by atoms with E-state index in [2.05, 4.69) is 30.2 Å². The topological polar surface area (TPSA) is 103 Å². The van der Waals surface area contributed by atoms with Crippen LogP contribution in [0.1, 0.15) is 26.0 Å². The summed E-state index contributed by atoms with van der Waals surface area (Å²) in [5.41, 5.74) is -1.03. The van der Waals surface area contributed by atoms with Gasteiger partial charge in [0.2, 0.25) is 11.5 Å². The van der Waals surface area contributed by atoms with E-state index in [1.165, 1.54) is 36.4 Å². The lowest BCUT2D eigenvalue weighted by Crippen LogP contribution is -2.37. The van der Waals surface area contributed by atoms with Gasteiger partial charge in [0.25, 0.3) is 5.91 Å². The Balaban J connectivity index is 1.78. The Bertz CT molecular complexity index is 1020. The summed E-state index contributed by atoms with van der Waals surface area (Å²) in [5.74, 6) is -0.214. The molecule has 0 aliphatic rings. The van der Waals surface area contributed by atoms with Gasteiger partial charge in [0.15, 0.2) is 5.16 Å². The van der Waals surface area contributed by atoms with E-state index in [9.17, 15) is 4.79 Å². The molecule has 3 aromatic heterocycles. The van der Waals surface area contributed by atoms with Crippen LogP contribution >= 0.6 is 11.8 Å². The van der Waals surface area contributed by atoms with E-state index in [-0.39, 0.29) is 17.9 Å². The van der Waals surface area contributed by atoms with Crippen LogP contribution in [0.4, 0.5) is 10.2 Å². The number of ether oxygens (including phenoxy) is 1. The van der Waals surface area contributed by atoms with Gasteiger partial charge < -0.3 is 10.1 Å². The second-order valence-corrected chi connectivity index (χ2v) is 6.92. The Morgan fingerprint density at radius 1 is 1.17 bits per heavy atom. The summed E-state index contributed by atoms with van der Waals surface area (Å²) in [5, 5.41) is 2.92. The standard InChI is InChI=1S/C20H21FN6O2S/c1-4-20(21,15-8-9-23-19(26-15)30-3)18(28)27-16-7-6-13(10-24-16)14-11-22-12-17(25-14)29-5-2/h6-12H,4-5H2,1-3H3,(H,24,27,28). The fourth-order valence-corrected chi connectivity index (χ4v) is 3.01. The highest BCUT2D eigenvalue weighted by Crippen LogP contribution is 2.30. The molecule has 0 spiro atoms. The van der Waals surface area contributed by atoms with Gasteiger partial charge in [-0.15, -0.1) is 0 Å². The third-order valence-corrected chi connectivity index (χ3v) is 4.84. The van der Waals surface area contributed by atoms with Crippen LogP contribution in [-0.2, 0) is 10.5 Å². The summed E-state index contributed by atoms with van der Waals surface area (Å²) in [6.45, 7) is 3.92. The molecule has 1 N–H and O–H groups in total. The number of thioether (sulfide) groups is 1. The molecule has 0 bridgehead atoms. The third-order valence-electron chi connectivity index (χ3n) is 4.27. The summed E-state index contributed by atoms with van der Waals surface area (Å²) in [7, 11) is 0. The van der Waals surface area contributed by atoms with E-state index in [0.717, 1.165) is 0 Å². The number of hydrogen-bond donors (Lipinski definition) is 1. The van der Waals surface area contributed by atoms with Crippen LogP contribution in [0.3, 0.4) is 0 Å². The van der Waals surface area contributed by atoms with E-state index in [4.69, 9.17) is 4.74 Å². The molecular weight excluding hydrogens is 407 g/mol. The lowest BCUT2D eigenvalue weighted by molar-refractivity contribution is -0.128. The number of alkyl halides is 1. The molecular formula is C20H21FN6O2S. The van der Waals surface area contributed by atoms with E-state index in [0.29, 0.717) is 28.9 Å². The first kappa shape index (κ1) is 21.6. The summed E-state index contributed by atoms with van der Waals surface area (Å²) in [6, 6.07) is 4.69.